The fourth-order valence-electron chi connectivity index (χ4n) is 1.94. The van der Waals surface area contributed by atoms with E-state index >= 15 is 0 Å². The van der Waals surface area contributed by atoms with Gasteiger partial charge >= 0.3 is 0 Å². The molecule has 0 atom stereocenters. The molecule has 0 unspecified atom stereocenters. The van der Waals surface area contributed by atoms with Crippen LogP contribution < -0.4 is 10.1 Å². The fourth-order valence-corrected chi connectivity index (χ4v) is 2.92. The van der Waals surface area contributed by atoms with E-state index in [-0.39, 0.29) is 5.91 Å². The Morgan fingerprint density at radius 1 is 1.29 bits per heavy atom. The third-order valence-corrected chi connectivity index (χ3v) is 4.09. The van der Waals surface area contributed by atoms with Crippen LogP contribution in [0.1, 0.15) is 10.4 Å². The van der Waals surface area contributed by atoms with Gasteiger partial charge in [0.2, 0.25) is 0 Å². The van der Waals surface area contributed by atoms with E-state index in [2.05, 4.69) is 10.3 Å². The molecule has 3 rings (SSSR count). The van der Waals surface area contributed by atoms with Crippen molar-refractivity contribution in [1.82, 2.24) is 4.98 Å². The molecule has 0 bridgehead atoms. The van der Waals surface area contributed by atoms with Crippen LogP contribution in [-0.2, 0) is 0 Å². The summed E-state index contributed by atoms with van der Waals surface area (Å²) >= 11 is 7.54. The average Bonchev–Trinajstić information content (AvgIpc) is 2.94. The minimum atomic E-state index is -0.188. The minimum absolute atomic E-state index is 0.188. The van der Waals surface area contributed by atoms with Gasteiger partial charge in [0.25, 0.3) is 5.91 Å². The number of aromatic nitrogens is 1. The minimum Gasteiger partial charge on any atom is -0.495 e. The maximum absolute atomic E-state index is 12.2. The van der Waals surface area contributed by atoms with Crippen LogP contribution in [0.25, 0.3) is 10.2 Å². The topological polar surface area (TPSA) is 51.2 Å². The van der Waals surface area contributed by atoms with Gasteiger partial charge in [0.05, 0.1) is 27.9 Å². The maximum atomic E-state index is 12.2. The zero-order valence-electron chi connectivity index (χ0n) is 11.1. The van der Waals surface area contributed by atoms with Gasteiger partial charge in [-0.25, -0.2) is 4.98 Å². The molecule has 0 saturated carbocycles. The Balaban J connectivity index is 1.83. The molecule has 21 heavy (non-hydrogen) atoms. The molecule has 0 radical (unpaired) electrons. The molecule has 1 aromatic heterocycles. The lowest BCUT2D eigenvalue weighted by atomic mass is 10.2. The summed E-state index contributed by atoms with van der Waals surface area (Å²) in [4.78, 5) is 16.4. The molecular weight excluding hydrogens is 308 g/mol. The van der Waals surface area contributed by atoms with Gasteiger partial charge in [-0.15, -0.1) is 11.3 Å². The summed E-state index contributed by atoms with van der Waals surface area (Å²) in [6, 6.07) is 10.5. The van der Waals surface area contributed by atoms with Crippen LogP contribution >= 0.6 is 22.9 Å². The number of anilines is 1. The highest BCUT2D eigenvalue weighted by molar-refractivity contribution is 7.16. The van der Waals surface area contributed by atoms with Crippen molar-refractivity contribution in [1.29, 1.82) is 0 Å². The standard InChI is InChI=1S/C15H11ClN2O2S/c1-20-13-5-3-10(7-11(13)16)18-15(19)9-2-4-12-14(6-9)21-8-17-12/h2-8H,1H3,(H,18,19). The van der Waals surface area contributed by atoms with Crippen LogP contribution in [0.15, 0.2) is 41.9 Å². The Hall–Kier alpha value is -2.11. The second-order valence-electron chi connectivity index (χ2n) is 4.34. The molecule has 0 spiro atoms. The summed E-state index contributed by atoms with van der Waals surface area (Å²) < 4.78 is 6.06. The molecule has 0 fully saturated rings. The number of halogens is 1. The lowest BCUT2D eigenvalue weighted by molar-refractivity contribution is 0.102. The lowest BCUT2D eigenvalue weighted by Crippen LogP contribution is -2.11. The zero-order chi connectivity index (χ0) is 14.8. The summed E-state index contributed by atoms with van der Waals surface area (Å²) in [6.07, 6.45) is 0. The number of nitrogens with zero attached hydrogens (tertiary/aromatic N) is 1. The Morgan fingerprint density at radius 2 is 2.14 bits per heavy atom. The number of hydrogen-bond acceptors (Lipinski definition) is 4. The molecule has 0 aliphatic carbocycles. The zero-order valence-corrected chi connectivity index (χ0v) is 12.7. The summed E-state index contributed by atoms with van der Waals surface area (Å²) in [6.45, 7) is 0. The van der Waals surface area contributed by atoms with Crippen LogP contribution in [0.3, 0.4) is 0 Å². The van der Waals surface area contributed by atoms with Crippen molar-refractivity contribution in [2.24, 2.45) is 0 Å². The van der Waals surface area contributed by atoms with E-state index in [0.29, 0.717) is 22.0 Å². The van der Waals surface area contributed by atoms with E-state index in [4.69, 9.17) is 16.3 Å². The van der Waals surface area contributed by atoms with Gasteiger partial charge in [0, 0.05) is 11.3 Å². The number of benzene rings is 2. The highest BCUT2D eigenvalue weighted by Gasteiger charge is 2.09. The fraction of sp³-hybridized carbons (Fsp3) is 0.0667. The Kier molecular flexibility index (Phi) is 3.77. The molecule has 106 valence electrons. The molecule has 3 aromatic rings. The number of amides is 1. The Morgan fingerprint density at radius 3 is 2.90 bits per heavy atom. The quantitative estimate of drug-likeness (QED) is 0.787. The largest absolute Gasteiger partial charge is 0.495 e. The van der Waals surface area contributed by atoms with Crippen molar-refractivity contribution in [2.75, 3.05) is 12.4 Å². The van der Waals surface area contributed by atoms with Crippen molar-refractivity contribution in [3.63, 3.8) is 0 Å². The van der Waals surface area contributed by atoms with Crippen molar-refractivity contribution < 1.29 is 9.53 Å². The molecule has 1 amide bonds. The summed E-state index contributed by atoms with van der Waals surface area (Å²) in [7, 11) is 1.55. The monoisotopic (exact) mass is 318 g/mol. The molecule has 1 heterocycles. The Labute approximate surface area is 130 Å². The van der Waals surface area contributed by atoms with Crippen molar-refractivity contribution in [2.45, 2.75) is 0 Å². The number of ether oxygens (including phenoxy) is 1. The first-order chi connectivity index (χ1) is 10.2. The van der Waals surface area contributed by atoms with Gasteiger partial charge in [-0.1, -0.05) is 11.6 Å². The van der Waals surface area contributed by atoms with E-state index in [1.807, 2.05) is 12.1 Å². The summed E-state index contributed by atoms with van der Waals surface area (Å²) in [5.74, 6) is 0.382. The van der Waals surface area contributed by atoms with Crippen LogP contribution in [0.2, 0.25) is 5.02 Å². The predicted octanol–water partition coefficient (Wildman–Crippen LogP) is 4.21. The predicted molar refractivity (Wildman–Crippen MR) is 85.6 cm³/mol. The number of rotatable bonds is 3. The number of hydrogen-bond donors (Lipinski definition) is 1. The van der Waals surface area contributed by atoms with Crippen molar-refractivity contribution in [3.05, 3.63) is 52.5 Å². The van der Waals surface area contributed by atoms with E-state index in [9.17, 15) is 4.79 Å². The average molecular weight is 319 g/mol. The molecular formula is C15H11ClN2O2S. The molecule has 6 heteroatoms. The van der Waals surface area contributed by atoms with Crippen molar-refractivity contribution >= 4 is 44.7 Å². The smallest absolute Gasteiger partial charge is 0.255 e. The normalized spacial score (nSPS) is 10.6. The first-order valence-electron chi connectivity index (χ1n) is 6.15. The van der Waals surface area contributed by atoms with Crippen molar-refractivity contribution in [3.8, 4) is 5.75 Å². The molecule has 0 aliphatic heterocycles. The second-order valence-corrected chi connectivity index (χ2v) is 5.63. The molecule has 0 saturated heterocycles. The van der Waals surface area contributed by atoms with E-state index in [1.54, 1.807) is 36.9 Å². The highest BCUT2D eigenvalue weighted by Crippen LogP contribution is 2.27. The van der Waals surface area contributed by atoms with Gasteiger partial charge < -0.3 is 10.1 Å². The van der Waals surface area contributed by atoms with Gasteiger partial charge in [-0.2, -0.15) is 0 Å². The highest BCUT2D eigenvalue weighted by atomic mass is 35.5. The van der Waals surface area contributed by atoms with E-state index in [1.165, 1.54) is 11.3 Å². The SMILES string of the molecule is COc1ccc(NC(=O)c2ccc3ncsc3c2)cc1Cl. The van der Waals surface area contributed by atoms with Crippen LogP contribution in [-0.4, -0.2) is 18.0 Å². The second kappa shape index (κ2) is 5.71. The number of nitrogens with one attached hydrogen (secondary N) is 1. The van der Waals surface area contributed by atoms with Crippen LogP contribution in [0.4, 0.5) is 5.69 Å². The molecule has 2 aromatic carbocycles. The number of thiazole rings is 1. The first kappa shape index (κ1) is 13.9. The van der Waals surface area contributed by atoms with E-state index in [0.717, 1.165) is 10.2 Å². The number of fused-ring (bicyclic) bond motifs is 1. The van der Waals surface area contributed by atoms with Gasteiger partial charge in [0.1, 0.15) is 5.75 Å². The van der Waals surface area contributed by atoms with E-state index < -0.39 is 0 Å². The molecule has 0 aliphatic rings. The van der Waals surface area contributed by atoms with Gasteiger partial charge in [-0.05, 0) is 36.4 Å². The maximum Gasteiger partial charge on any atom is 0.255 e. The molecule has 1 N–H and O–H groups in total. The first-order valence-corrected chi connectivity index (χ1v) is 7.41. The Bertz CT molecular complexity index is 816. The van der Waals surface area contributed by atoms with Gasteiger partial charge in [0.15, 0.2) is 0 Å². The number of methoxy groups -OCH3 is 1. The van der Waals surface area contributed by atoms with Crippen LogP contribution in [0, 0.1) is 0 Å². The third kappa shape index (κ3) is 2.84. The van der Waals surface area contributed by atoms with Crippen LogP contribution in [0.5, 0.6) is 5.75 Å². The number of carbonyl (C=O) groups is 1. The van der Waals surface area contributed by atoms with Gasteiger partial charge in [-0.3, -0.25) is 4.79 Å². The lowest BCUT2D eigenvalue weighted by Gasteiger charge is -2.08. The third-order valence-electron chi connectivity index (χ3n) is 3.00. The summed E-state index contributed by atoms with van der Waals surface area (Å²) in [5.41, 5.74) is 3.85. The molecule has 4 nitrogen and oxygen atoms in total. The summed E-state index contributed by atoms with van der Waals surface area (Å²) in [5, 5.41) is 3.26. The number of carbonyl (C=O) groups excluding carboxylic acids is 1.